The third-order valence-corrected chi connectivity index (χ3v) is 5.99. The molecular formula is C14H20BrIN2OSi. The molecule has 1 unspecified atom stereocenters. The quantitative estimate of drug-likeness (QED) is 0.372. The number of fused-ring (bicyclic) bond motifs is 1. The van der Waals surface area contributed by atoms with Gasteiger partial charge >= 0.3 is 0 Å². The van der Waals surface area contributed by atoms with Crippen LogP contribution in [0.5, 0.6) is 0 Å². The van der Waals surface area contributed by atoms with E-state index in [2.05, 4.69) is 67.7 Å². The monoisotopic (exact) mass is 466 g/mol. The fraction of sp³-hybridized carbons (Fsp3) is 0.571. The molecule has 0 radical (unpaired) electrons. The van der Waals surface area contributed by atoms with E-state index in [0.29, 0.717) is 5.92 Å². The number of aromatic nitrogens is 2. The molecule has 20 heavy (non-hydrogen) atoms. The predicted molar refractivity (Wildman–Crippen MR) is 98.0 cm³/mol. The highest BCUT2D eigenvalue weighted by Crippen LogP contribution is 2.31. The molecule has 0 aliphatic heterocycles. The zero-order chi connectivity index (χ0) is 14.5. The molecule has 1 aliphatic rings. The molecule has 6 heteroatoms. The van der Waals surface area contributed by atoms with Crippen molar-refractivity contribution in [2.45, 2.75) is 32.0 Å². The van der Waals surface area contributed by atoms with Gasteiger partial charge in [0.2, 0.25) is 0 Å². The van der Waals surface area contributed by atoms with Crippen molar-refractivity contribution < 1.29 is 4.74 Å². The summed E-state index contributed by atoms with van der Waals surface area (Å²) in [4.78, 5) is 9.04. The highest BCUT2D eigenvalue weighted by Gasteiger charge is 2.18. The molecule has 1 atom stereocenters. The van der Waals surface area contributed by atoms with Crippen LogP contribution in [-0.4, -0.2) is 32.0 Å². The third kappa shape index (κ3) is 4.89. The van der Waals surface area contributed by atoms with Gasteiger partial charge < -0.3 is 4.74 Å². The molecule has 2 rings (SSSR count). The summed E-state index contributed by atoms with van der Waals surface area (Å²) in [5, 5.41) is 0. The maximum Gasteiger partial charge on any atom is 0.125 e. The molecular weight excluding hydrogens is 447 g/mol. The molecule has 1 aromatic rings. The van der Waals surface area contributed by atoms with Gasteiger partial charge in [-0.3, -0.25) is 4.98 Å². The number of halogens is 2. The Morgan fingerprint density at radius 1 is 1.50 bits per heavy atom. The van der Waals surface area contributed by atoms with E-state index in [1.54, 1.807) is 6.20 Å². The minimum atomic E-state index is -0.488. The SMILES string of the molecule is C[SiH](C)CCOCC1C=C(I)c2nc(Br)cnc2CC1. The van der Waals surface area contributed by atoms with Crippen molar-refractivity contribution in [1.29, 1.82) is 0 Å². The van der Waals surface area contributed by atoms with Crippen LogP contribution in [-0.2, 0) is 11.2 Å². The summed E-state index contributed by atoms with van der Waals surface area (Å²) in [5.41, 5.74) is 2.13. The third-order valence-electron chi connectivity index (χ3n) is 3.35. The van der Waals surface area contributed by atoms with Crippen LogP contribution in [0.3, 0.4) is 0 Å². The lowest BCUT2D eigenvalue weighted by molar-refractivity contribution is 0.122. The molecule has 1 aromatic heterocycles. The summed E-state index contributed by atoms with van der Waals surface area (Å²) in [6.07, 6.45) is 6.15. The number of nitrogens with zero attached hydrogens (tertiary/aromatic N) is 2. The molecule has 0 amide bonds. The topological polar surface area (TPSA) is 35.0 Å². The number of hydrogen-bond donors (Lipinski definition) is 0. The van der Waals surface area contributed by atoms with Gasteiger partial charge in [-0.1, -0.05) is 19.2 Å². The summed E-state index contributed by atoms with van der Waals surface area (Å²) < 4.78 is 7.84. The van der Waals surface area contributed by atoms with Gasteiger partial charge in [-0.05, 0) is 57.4 Å². The van der Waals surface area contributed by atoms with E-state index in [0.717, 1.165) is 42.0 Å². The van der Waals surface area contributed by atoms with Crippen LogP contribution >= 0.6 is 38.5 Å². The summed E-state index contributed by atoms with van der Waals surface area (Å²) in [5.74, 6) is 0.477. The van der Waals surface area contributed by atoms with E-state index >= 15 is 0 Å². The molecule has 110 valence electrons. The van der Waals surface area contributed by atoms with Crippen LogP contribution in [0.4, 0.5) is 0 Å². The highest BCUT2D eigenvalue weighted by molar-refractivity contribution is 14.1. The second-order valence-corrected chi connectivity index (χ2v) is 10.9. The van der Waals surface area contributed by atoms with Gasteiger partial charge in [0.15, 0.2) is 0 Å². The van der Waals surface area contributed by atoms with Gasteiger partial charge in [0, 0.05) is 24.9 Å². The maximum atomic E-state index is 5.85. The molecule has 0 spiro atoms. The second kappa shape index (κ2) is 8.00. The Balaban J connectivity index is 1.96. The first-order valence-corrected chi connectivity index (χ1v) is 12.0. The molecule has 0 saturated heterocycles. The molecule has 0 fully saturated rings. The summed E-state index contributed by atoms with van der Waals surface area (Å²) >= 11 is 5.76. The fourth-order valence-corrected chi connectivity index (χ4v) is 4.00. The van der Waals surface area contributed by atoms with Crippen LogP contribution in [0.15, 0.2) is 16.9 Å². The van der Waals surface area contributed by atoms with Crippen molar-refractivity contribution in [3.05, 3.63) is 28.3 Å². The van der Waals surface area contributed by atoms with Crippen LogP contribution in [0, 0.1) is 5.92 Å². The molecule has 1 heterocycles. The van der Waals surface area contributed by atoms with Gasteiger partial charge in [0.1, 0.15) is 4.60 Å². The van der Waals surface area contributed by atoms with Crippen LogP contribution in [0.2, 0.25) is 19.1 Å². The van der Waals surface area contributed by atoms with E-state index in [4.69, 9.17) is 4.74 Å². The van der Waals surface area contributed by atoms with Crippen LogP contribution < -0.4 is 0 Å². The molecule has 0 bridgehead atoms. The molecule has 0 N–H and O–H groups in total. The second-order valence-electron chi connectivity index (χ2n) is 5.56. The van der Waals surface area contributed by atoms with Crippen molar-refractivity contribution in [2.24, 2.45) is 5.92 Å². The van der Waals surface area contributed by atoms with E-state index in [9.17, 15) is 0 Å². The first kappa shape index (κ1) is 16.6. The molecule has 3 nitrogen and oxygen atoms in total. The van der Waals surface area contributed by atoms with Gasteiger partial charge in [0.05, 0.1) is 24.2 Å². The number of rotatable bonds is 5. The smallest absolute Gasteiger partial charge is 0.125 e. The van der Waals surface area contributed by atoms with Crippen molar-refractivity contribution in [3.63, 3.8) is 0 Å². The lowest BCUT2D eigenvalue weighted by Gasteiger charge is -2.12. The minimum absolute atomic E-state index is 0.477. The molecule has 0 aromatic carbocycles. The minimum Gasteiger partial charge on any atom is -0.381 e. The average molecular weight is 467 g/mol. The number of hydrogen-bond acceptors (Lipinski definition) is 3. The molecule has 1 aliphatic carbocycles. The summed E-state index contributed by atoms with van der Waals surface area (Å²) in [6, 6.07) is 1.27. The predicted octanol–water partition coefficient (Wildman–Crippen LogP) is 4.08. The Labute approximate surface area is 144 Å². The Morgan fingerprint density at radius 2 is 2.30 bits per heavy atom. The Kier molecular flexibility index (Phi) is 6.63. The standard InChI is InChI=1S/C14H20BrIN2OSi/c1-20(2)6-5-19-9-10-3-4-12-14(11(16)7-10)18-13(15)8-17-12/h7-8,10,20H,3-6,9H2,1-2H3. The van der Waals surface area contributed by atoms with Crippen LogP contribution in [0.1, 0.15) is 17.8 Å². The number of aryl methyl sites for hydroxylation is 1. The van der Waals surface area contributed by atoms with E-state index in [1.165, 1.54) is 9.62 Å². The fourth-order valence-electron chi connectivity index (χ4n) is 2.14. The van der Waals surface area contributed by atoms with Crippen molar-refractivity contribution in [3.8, 4) is 0 Å². The molecule has 0 saturated carbocycles. The number of ether oxygens (including phenoxy) is 1. The van der Waals surface area contributed by atoms with Crippen molar-refractivity contribution in [1.82, 2.24) is 9.97 Å². The summed E-state index contributed by atoms with van der Waals surface area (Å²) in [6.45, 7) is 6.47. The Bertz CT molecular complexity index is 496. The van der Waals surface area contributed by atoms with Gasteiger partial charge in [-0.2, -0.15) is 0 Å². The average Bonchev–Trinajstić information content (AvgIpc) is 2.55. The van der Waals surface area contributed by atoms with E-state index in [1.807, 2.05) is 0 Å². The van der Waals surface area contributed by atoms with E-state index < -0.39 is 8.80 Å². The van der Waals surface area contributed by atoms with Gasteiger partial charge in [0.25, 0.3) is 0 Å². The lowest BCUT2D eigenvalue weighted by atomic mass is 10.1. The highest BCUT2D eigenvalue weighted by atomic mass is 127. The van der Waals surface area contributed by atoms with E-state index in [-0.39, 0.29) is 0 Å². The Morgan fingerprint density at radius 3 is 3.05 bits per heavy atom. The maximum absolute atomic E-state index is 5.85. The first-order chi connectivity index (χ1) is 9.56. The zero-order valence-electron chi connectivity index (χ0n) is 11.9. The van der Waals surface area contributed by atoms with Gasteiger partial charge in [-0.25, -0.2) is 4.98 Å². The largest absolute Gasteiger partial charge is 0.381 e. The van der Waals surface area contributed by atoms with Crippen molar-refractivity contribution in [2.75, 3.05) is 13.2 Å². The first-order valence-electron chi connectivity index (χ1n) is 7.03. The lowest BCUT2D eigenvalue weighted by Crippen LogP contribution is -2.11. The zero-order valence-corrected chi connectivity index (χ0v) is 16.8. The van der Waals surface area contributed by atoms with Crippen molar-refractivity contribution >= 4 is 50.9 Å². The normalized spacial score (nSPS) is 18.6. The van der Waals surface area contributed by atoms with Crippen LogP contribution in [0.25, 0.3) is 3.58 Å². The Hall–Kier alpha value is 0.207. The van der Waals surface area contributed by atoms with Gasteiger partial charge in [-0.15, -0.1) is 0 Å². The summed E-state index contributed by atoms with van der Waals surface area (Å²) in [7, 11) is -0.488.